The molecule has 0 unspecified atom stereocenters. The Bertz CT molecular complexity index is 2000. The number of ether oxygens (including phenoxy) is 3. The zero-order valence-corrected chi connectivity index (χ0v) is 28.5. The van der Waals surface area contributed by atoms with Gasteiger partial charge in [-0.15, -0.1) is 6.42 Å². The number of nitrogens with zero attached hydrogens (tertiary/aromatic N) is 2. The zero-order chi connectivity index (χ0) is 34.8. The predicted octanol–water partition coefficient (Wildman–Crippen LogP) is 5.60. The number of hydrogen-bond donors (Lipinski definition) is 3. The van der Waals surface area contributed by atoms with Gasteiger partial charge in [0.05, 0.1) is 10.0 Å². The van der Waals surface area contributed by atoms with Crippen LogP contribution in [-0.2, 0) is 34.7 Å². The molecule has 0 fully saturated rings. The van der Waals surface area contributed by atoms with E-state index in [1.165, 1.54) is 6.20 Å². The molecule has 48 heavy (non-hydrogen) atoms. The van der Waals surface area contributed by atoms with E-state index in [9.17, 15) is 28.1 Å². The average molecular weight is 735 g/mol. The summed E-state index contributed by atoms with van der Waals surface area (Å²) in [6.45, 7) is 4.25. The van der Waals surface area contributed by atoms with Gasteiger partial charge in [0.2, 0.25) is 0 Å². The summed E-state index contributed by atoms with van der Waals surface area (Å²) in [7, 11) is -4.57. The van der Waals surface area contributed by atoms with Crippen LogP contribution in [0.2, 0.25) is 0 Å². The molecule has 0 aliphatic rings. The molecule has 4 rings (SSSR count). The fraction of sp³-hybridized carbons (Fsp3) is 0.229. The maximum Gasteiger partial charge on any atom is 0.321 e. The monoisotopic (exact) mass is 733 g/mol. The van der Waals surface area contributed by atoms with Gasteiger partial charge in [-0.3, -0.25) is 19.6 Å². The summed E-state index contributed by atoms with van der Waals surface area (Å²) in [5, 5.41) is 21.4. The minimum Gasteiger partial charge on any atom is -0.488 e. The van der Waals surface area contributed by atoms with Gasteiger partial charge in [0.15, 0.2) is 0 Å². The van der Waals surface area contributed by atoms with Gasteiger partial charge in [0.25, 0.3) is 10.1 Å². The number of carboxylic acids is 1. The van der Waals surface area contributed by atoms with Gasteiger partial charge >= 0.3 is 5.97 Å². The summed E-state index contributed by atoms with van der Waals surface area (Å²) < 4.78 is 50.6. The molecule has 0 amide bonds. The van der Waals surface area contributed by atoms with Crippen molar-refractivity contribution in [1.82, 2.24) is 10.3 Å². The highest BCUT2D eigenvalue weighted by Crippen LogP contribution is 2.36. The van der Waals surface area contributed by atoms with Crippen LogP contribution in [0.15, 0.2) is 71.5 Å². The van der Waals surface area contributed by atoms with Crippen LogP contribution in [0, 0.1) is 37.5 Å². The molecule has 0 aliphatic heterocycles. The van der Waals surface area contributed by atoms with Crippen LogP contribution in [0.1, 0.15) is 33.4 Å². The summed E-state index contributed by atoms with van der Waals surface area (Å²) in [5.74, 6) is 1.46. The third-order valence-corrected chi connectivity index (χ3v) is 8.74. The number of benzene rings is 3. The Hall–Kier alpha value is -4.92. The van der Waals surface area contributed by atoms with Gasteiger partial charge in [-0.25, -0.2) is 0 Å². The topological polar surface area (TPSA) is 168 Å². The number of aromatic nitrogens is 1. The third kappa shape index (κ3) is 9.56. The number of terminal acetylenes is 1. The van der Waals surface area contributed by atoms with Crippen molar-refractivity contribution in [2.24, 2.45) is 0 Å². The molecule has 3 aromatic carbocycles. The van der Waals surface area contributed by atoms with Crippen molar-refractivity contribution < 1.29 is 37.1 Å². The van der Waals surface area contributed by atoms with Gasteiger partial charge < -0.3 is 19.3 Å². The van der Waals surface area contributed by atoms with Crippen molar-refractivity contribution in [3.05, 3.63) is 105 Å². The van der Waals surface area contributed by atoms with Crippen LogP contribution in [0.3, 0.4) is 0 Å². The first-order valence-corrected chi connectivity index (χ1v) is 16.9. The molecule has 0 saturated carbocycles. The fourth-order valence-corrected chi connectivity index (χ4v) is 6.07. The molecule has 13 heteroatoms. The van der Waals surface area contributed by atoms with E-state index < -0.39 is 27.9 Å². The lowest BCUT2D eigenvalue weighted by molar-refractivity contribution is -0.138. The number of nitriles is 1. The van der Waals surface area contributed by atoms with E-state index in [0.29, 0.717) is 38.4 Å². The van der Waals surface area contributed by atoms with Crippen LogP contribution in [0.5, 0.6) is 17.2 Å². The molecule has 248 valence electrons. The van der Waals surface area contributed by atoms with Crippen molar-refractivity contribution in [3.8, 4) is 46.8 Å². The molecular weight excluding hydrogens is 702 g/mol. The molecule has 11 nitrogen and oxygen atoms in total. The van der Waals surface area contributed by atoms with Crippen molar-refractivity contribution >= 4 is 32.0 Å². The van der Waals surface area contributed by atoms with E-state index in [-0.39, 0.29) is 26.4 Å². The van der Waals surface area contributed by atoms with Gasteiger partial charge in [0, 0.05) is 36.1 Å². The second kappa shape index (κ2) is 16.3. The van der Waals surface area contributed by atoms with Crippen LogP contribution in [0.4, 0.5) is 0 Å². The number of rotatable bonds is 15. The summed E-state index contributed by atoms with van der Waals surface area (Å²) in [5.41, 5.74) is 6.34. The second-order valence-electron chi connectivity index (χ2n) is 10.7. The largest absolute Gasteiger partial charge is 0.488 e. The first-order valence-electron chi connectivity index (χ1n) is 14.5. The highest BCUT2D eigenvalue weighted by molar-refractivity contribution is 9.10. The van der Waals surface area contributed by atoms with E-state index in [4.69, 9.17) is 20.6 Å². The fourth-order valence-electron chi connectivity index (χ4n) is 4.88. The third-order valence-electron chi connectivity index (χ3n) is 7.36. The highest BCUT2D eigenvalue weighted by Gasteiger charge is 2.24. The maximum absolute atomic E-state index is 11.7. The second-order valence-corrected chi connectivity index (χ2v) is 13.0. The number of carboxylic acid groups (broad SMARTS) is 1. The molecule has 0 aliphatic carbocycles. The smallest absolute Gasteiger partial charge is 0.321 e. The summed E-state index contributed by atoms with van der Waals surface area (Å²) in [6.07, 6.45) is 8.35. The highest BCUT2D eigenvalue weighted by atomic mass is 79.9. The van der Waals surface area contributed by atoms with Crippen molar-refractivity contribution in [1.29, 1.82) is 5.26 Å². The molecular formula is C35H32BrN3O8S. The normalized spacial score (nSPS) is 11.6. The Morgan fingerprint density at radius 2 is 1.69 bits per heavy atom. The Kier molecular flexibility index (Phi) is 12.2. The van der Waals surface area contributed by atoms with E-state index in [1.807, 2.05) is 56.3 Å². The van der Waals surface area contributed by atoms with Gasteiger partial charge in [0.1, 0.15) is 54.9 Å². The first kappa shape index (κ1) is 35.9. The lowest BCUT2D eigenvalue weighted by Crippen LogP contribution is -2.41. The summed E-state index contributed by atoms with van der Waals surface area (Å²) in [6, 6.07) is 17.1. The number of nitrogens with one attached hydrogen (secondary N) is 1. The quantitative estimate of drug-likeness (QED) is 0.103. The summed E-state index contributed by atoms with van der Waals surface area (Å²) in [4.78, 5) is 15.7. The minimum absolute atomic E-state index is 0.0224. The van der Waals surface area contributed by atoms with Gasteiger partial charge in [-0.2, -0.15) is 13.7 Å². The van der Waals surface area contributed by atoms with Crippen molar-refractivity contribution in [2.75, 3.05) is 12.4 Å². The molecule has 1 heterocycles. The maximum atomic E-state index is 11.7. The van der Waals surface area contributed by atoms with Crippen LogP contribution in [0.25, 0.3) is 11.1 Å². The predicted molar refractivity (Wildman–Crippen MR) is 182 cm³/mol. The molecule has 0 saturated heterocycles. The van der Waals surface area contributed by atoms with Gasteiger partial charge in [-0.1, -0.05) is 36.3 Å². The van der Waals surface area contributed by atoms with Crippen LogP contribution < -0.4 is 19.5 Å². The Labute approximate surface area is 287 Å². The van der Waals surface area contributed by atoms with E-state index >= 15 is 0 Å². The minimum atomic E-state index is -4.57. The van der Waals surface area contributed by atoms with Crippen LogP contribution in [-0.4, -0.2) is 47.4 Å². The molecule has 0 spiro atoms. The van der Waals surface area contributed by atoms with Gasteiger partial charge in [-0.05, 0) is 75.8 Å². The number of hydrogen-bond acceptors (Lipinski definition) is 9. The number of aliphatic carboxylic acids is 1. The Morgan fingerprint density at radius 3 is 2.38 bits per heavy atom. The average Bonchev–Trinajstić information content (AvgIpc) is 3.05. The number of carbonyl (C=O) groups is 1. The van der Waals surface area contributed by atoms with Crippen molar-refractivity contribution in [3.63, 3.8) is 0 Å². The SMILES string of the molecule is C#CCOc1cccc(-c2cccc(COc3cc(OCc4cncc(C#N)c4)c(CN[C@@H](CS(=O)(=O)O)C(=O)O)cc3Br)c2C)c1C. The van der Waals surface area contributed by atoms with E-state index in [2.05, 4.69) is 32.2 Å². The molecule has 4 aromatic rings. The lowest BCUT2D eigenvalue weighted by Gasteiger charge is -2.19. The molecule has 1 aromatic heterocycles. The molecule has 0 radical (unpaired) electrons. The molecule has 3 N–H and O–H groups in total. The van der Waals surface area contributed by atoms with E-state index in [1.54, 1.807) is 24.4 Å². The first-order chi connectivity index (χ1) is 22.9. The lowest BCUT2D eigenvalue weighted by atomic mass is 9.93. The zero-order valence-electron chi connectivity index (χ0n) is 26.1. The summed E-state index contributed by atoms with van der Waals surface area (Å²) >= 11 is 3.53. The molecule has 0 bridgehead atoms. The number of halogens is 1. The Balaban J connectivity index is 1.61. The Morgan fingerprint density at radius 1 is 0.979 bits per heavy atom. The standard InChI is InChI=1S/C35H32BrN3O8S/c1-4-11-45-32-10-6-9-29(23(32)3)28-8-5-7-26(22(28)2)20-47-34-14-33(46-19-25-12-24(15-37)16-38-17-25)27(13-30(34)36)18-39-31(35(40)41)21-48(42,43)44/h1,5-10,12-14,16-17,31,39H,11,18-21H2,2-3H3,(H,40,41)(H,42,43,44)/t31-/m0/s1. The number of pyridine rings is 1. The van der Waals surface area contributed by atoms with E-state index in [0.717, 1.165) is 27.8 Å². The molecule has 1 atom stereocenters. The van der Waals surface area contributed by atoms with Crippen LogP contribution >= 0.6 is 15.9 Å². The van der Waals surface area contributed by atoms with Crippen molar-refractivity contribution in [2.45, 2.75) is 39.6 Å².